The van der Waals surface area contributed by atoms with Crippen molar-refractivity contribution < 1.29 is 19.1 Å². The molecule has 0 saturated carbocycles. The van der Waals surface area contributed by atoms with Crippen molar-refractivity contribution in [1.29, 1.82) is 0 Å². The maximum Gasteiger partial charge on any atom is 0.303 e. The van der Waals surface area contributed by atoms with Gasteiger partial charge in [0.2, 0.25) is 0 Å². The van der Waals surface area contributed by atoms with Crippen LogP contribution in [0.3, 0.4) is 0 Å². The molecule has 0 radical (unpaired) electrons. The minimum atomic E-state index is -0.901. The molecule has 104 valence electrons. The molecule has 0 spiro atoms. The molecule has 0 unspecified atom stereocenters. The zero-order chi connectivity index (χ0) is 14.5. The van der Waals surface area contributed by atoms with Crippen LogP contribution in [0, 0.1) is 0 Å². The Morgan fingerprint density at radius 2 is 2.05 bits per heavy atom. The summed E-state index contributed by atoms with van der Waals surface area (Å²) in [6.07, 6.45) is 0.236. The molecule has 2 aromatic rings. The van der Waals surface area contributed by atoms with E-state index in [-0.39, 0.29) is 24.5 Å². The van der Waals surface area contributed by atoms with Gasteiger partial charge in [0.1, 0.15) is 5.76 Å². The molecular weight excluding hydrogens is 326 g/mol. The lowest BCUT2D eigenvalue weighted by atomic mass is 10.2. The zero-order valence-electron chi connectivity index (χ0n) is 10.4. The van der Waals surface area contributed by atoms with E-state index < -0.39 is 5.97 Å². The summed E-state index contributed by atoms with van der Waals surface area (Å²) < 4.78 is 6.17. The largest absolute Gasteiger partial charge is 0.481 e. The number of hydrogen-bond acceptors (Lipinski definition) is 3. The lowest BCUT2D eigenvalue weighted by molar-refractivity contribution is -0.137. The number of hydrogen-bond donors (Lipinski definition) is 2. The maximum absolute atomic E-state index is 11.9. The summed E-state index contributed by atoms with van der Waals surface area (Å²) in [4.78, 5) is 22.4. The van der Waals surface area contributed by atoms with Gasteiger partial charge in [-0.2, -0.15) is 0 Å². The summed E-state index contributed by atoms with van der Waals surface area (Å²) in [5.41, 5.74) is 0.646. The highest BCUT2D eigenvalue weighted by Gasteiger charge is 2.12. The number of aliphatic carboxylic acids is 1. The minimum Gasteiger partial charge on any atom is -0.481 e. The van der Waals surface area contributed by atoms with Crippen LogP contribution in [-0.4, -0.2) is 17.0 Å². The first-order valence-corrected chi connectivity index (χ1v) is 6.71. The van der Waals surface area contributed by atoms with Crippen LogP contribution in [0.15, 0.2) is 45.3 Å². The van der Waals surface area contributed by atoms with Gasteiger partial charge in [-0.15, -0.1) is 0 Å². The third-order valence-corrected chi connectivity index (χ3v) is 3.05. The molecule has 2 N–H and O–H groups in total. The van der Waals surface area contributed by atoms with Crippen molar-refractivity contribution in [2.75, 3.05) is 5.32 Å². The number of aryl methyl sites for hydroxylation is 1. The summed E-state index contributed by atoms with van der Waals surface area (Å²) in [6, 6.07) is 10.3. The second-order valence-electron chi connectivity index (χ2n) is 4.12. The molecule has 0 saturated heterocycles. The van der Waals surface area contributed by atoms with Gasteiger partial charge >= 0.3 is 5.97 Å². The molecule has 1 aromatic carbocycles. The molecular formula is C14H12BrNO4. The monoisotopic (exact) mass is 337 g/mol. The number of benzene rings is 1. The van der Waals surface area contributed by atoms with E-state index in [0.29, 0.717) is 11.4 Å². The second kappa shape index (κ2) is 6.38. The Morgan fingerprint density at radius 1 is 1.25 bits per heavy atom. The van der Waals surface area contributed by atoms with Gasteiger partial charge in [0, 0.05) is 16.6 Å². The van der Waals surface area contributed by atoms with E-state index in [4.69, 9.17) is 9.52 Å². The molecule has 0 aliphatic rings. The summed E-state index contributed by atoms with van der Waals surface area (Å²) in [6.45, 7) is 0. The molecule has 1 heterocycles. The normalized spacial score (nSPS) is 10.2. The van der Waals surface area contributed by atoms with Crippen LogP contribution >= 0.6 is 15.9 Å². The average molecular weight is 338 g/mol. The van der Waals surface area contributed by atoms with E-state index >= 15 is 0 Å². The van der Waals surface area contributed by atoms with E-state index in [1.807, 2.05) is 6.07 Å². The van der Waals surface area contributed by atoms with Gasteiger partial charge in [-0.25, -0.2) is 0 Å². The third-order valence-electron chi connectivity index (χ3n) is 2.55. The van der Waals surface area contributed by atoms with E-state index in [1.165, 1.54) is 6.07 Å². The number of furan rings is 1. The first-order chi connectivity index (χ1) is 9.54. The highest BCUT2D eigenvalue weighted by atomic mass is 79.9. The molecule has 1 amide bonds. The van der Waals surface area contributed by atoms with Crippen molar-refractivity contribution in [3.63, 3.8) is 0 Å². The molecule has 0 aliphatic carbocycles. The highest BCUT2D eigenvalue weighted by molar-refractivity contribution is 9.10. The number of nitrogens with one attached hydrogen (secondary N) is 1. The van der Waals surface area contributed by atoms with Crippen LogP contribution in [0.5, 0.6) is 0 Å². The Kier molecular flexibility index (Phi) is 4.57. The molecule has 0 aliphatic heterocycles. The summed E-state index contributed by atoms with van der Waals surface area (Å²) in [5.74, 6) is -0.636. The van der Waals surface area contributed by atoms with Crippen molar-refractivity contribution in [2.24, 2.45) is 0 Å². The molecule has 20 heavy (non-hydrogen) atoms. The van der Waals surface area contributed by atoms with E-state index in [9.17, 15) is 9.59 Å². The average Bonchev–Trinajstić information content (AvgIpc) is 2.85. The van der Waals surface area contributed by atoms with Gasteiger partial charge in [-0.1, -0.05) is 22.0 Å². The number of carbonyl (C=O) groups is 2. The molecule has 0 fully saturated rings. The van der Waals surface area contributed by atoms with Gasteiger partial charge in [-0.3, -0.25) is 9.59 Å². The summed E-state index contributed by atoms with van der Waals surface area (Å²) in [7, 11) is 0. The fourth-order valence-corrected chi connectivity index (χ4v) is 2.02. The Hall–Kier alpha value is -2.08. The van der Waals surface area contributed by atoms with Crippen molar-refractivity contribution >= 4 is 33.5 Å². The number of halogens is 1. The quantitative estimate of drug-likeness (QED) is 0.877. The van der Waals surface area contributed by atoms with Crippen molar-refractivity contribution in [3.8, 4) is 0 Å². The fourth-order valence-electron chi connectivity index (χ4n) is 1.62. The molecule has 0 bridgehead atoms. The van der Waals surface area contributed by atoms with Crippen LogP contribution in [0.4, 0.5) is 5.69 Å². The predicted molar refractivity (Wildman–Crippen MR) is 76.8 cm³/mol. The number of carbonyl (C=O) groups excluding carboxylic acids is 1. The lowest BCUT2D eigenvalue weighted by Gasteiger charge is -2.03. The molecule has 0 atom stereocenters. The molecule has 5 nitrogen and oxygen atoms in total. The van der Waals surface area contributed by atoms with Crippen molar-refractivity contribution in [2.45, 2.75) is 12.8 Å². The Balaban J connectivity index is 2.01. The number of carboxylic acid groups (broad SMARTS) is 1. The smallest absolute Gasteiger partial charge is 0.303 e. The van der Waals surface area contributed by atoms with E-state index in [1.54, 1.807) is 24.3 Å². The minimum absolute atomic E-state index is 0.0276. The Morgan fingerprint density at radius 3 is 2.75 bits per heavy atom. The topological polar surface area (TPSA) is 79.5 Å². The highest BCUT2D eigenvalue weighted by Crippen LogP contribution is 2.17. The van der Waals surface area contributed by atoms with Gasteiger partial charge in [0.15, 0.2) is 5.76 Å². The number of anilines is 1. The molecule has 6 heteroatoms. The Labute approximate surface area is 123 Å². The van der Waals surface area contributed by atoms with Gasteiger partial charge in [0.05, 0.1) is 6.42 Å². The Bertz CT molecular complexity index is 636. The van der Waals surface area contributed by atoms with Gasteiger partial charge in [0.25, 0.3) is 5.91 Å². The van der Waals surface area contributed by atoms with Gasteiger partial charge in [-0.05, 0) is 30.3 Å². The maximum atomic E-state index is 11.9. The molecule has 1 aromatic heterocycles. The van der Waals surface area contributed by atoms with Crippen LogP contribution in [0.1, 0.15) is 22.7 Å². The number of amides is 1. The van der Waals surface area contributed by atoms with Crippen molar-refractivity contribution in [1.82, 2.24) is 0 Å². The fraction of sp³-hybridized carbons (Fsp3) is 0.143. The molecule has 2 rings (SSSR count). The van der Waals surface area contributed by atoms with E-state index in [0.717, 1.165) is 4.47 Å². The first-order valence-electron chi connectivity index (χ1n) is 5.92. The number of carboxylic acids is 1. The summed E-state index contributed by atoms with van der Waals surface area (Å²) >= 11 is 3.32. The van der Waals surface area contributed by atoms with Gasteiger partial charge < -0.3 is 14.8 Å². The lowest BCUT2D eigenvalue weighted by Crippen LogP contribution is -2.10. The van der Waals surface area contributed by atoms with Crippen LogP contribution in [0.25, 0.3) is 0 Å². The van der Waals surface area contributed by atoms with Crippen molar-refractivity contribution in [3.05, 3.63) is 52.4 Å². The first kappa shape index (κ1) is 14.3. The predicted octanol–water partition coefficient (Wildman–Crippen LogP) is 3.31. The van der Waals surface area contributed by atoms with E-state index in [2.05, 4.69) is 21.2 Å². The number of rotatable bonds is 5. The zero-order valence-corrected chi connectivity index (χ0v) is 12.0. The summed E-state index contributed by atoms with van der Waals surface area (Å²) in [5, 5.41) is 11.3. The van der Waals surface area contributed by atoms with Crippen LogP contribution in [-0.2, 0) is 11.2 Å². The second-order valence-corrected chi connectivity index (χ2v) is 5.04. The van der Waals surface area contributed by atoms with Crippen LogP contribution < -0.4 is 5.32 Å². The standard InChI is InChI=1S/C14H12BrNO4/c15-9-2-1-3-10(8-9)16-14(19)12-6-4-11(20-12)5-7-13(17)18/h1-4,6,8H,5,7H2,(H,16,19)(H,17,18). The third kappa shape index (κ3) is 3.96. The van der Waals surface area contributed by atoms with Crippen LogP contribution in [0.2, 0.25) is 0 Å². The SMILES string of the molecule is O=C(O)CCc1ccc(C(=O)Nc2cccc(Br)c2)o1.